The van der Waals surface area contributed by atoms with Crippen molar-refractivity contribution >= 4 is 9.84 Å². The molecule has 0 bridgehead atoms. The molecule has 0 spiro atoms. The van der Waals surface area contributed by atoms with Gasteiger partial charge in [-0.25, -0.2) is 12.8 Å². The van der Waals surface area contributed by atoms with Crippen LogP contribution in [0.3, 0.4) is 0 Å². The summed E-state index contributed by atoms with van der Waals surface area (Å²) < 4.78 is 35.9. The van der Waals surface area contributed by atoms with Crippen molar-refractivity contribution in [3.63, 3.8) is 0 Å². The summed E-state index contributed by atoms with van der Waals surface area (Å²) in [4.78, 5) is -0.777. The molecule has 2 N–H and O–H groups in total. The second kappa shape index (κ2) is 3.79. The van der Waals surface area contributed by atoms with Crippen LogP contribution in [0.2, 0.25) is 0 Å². The Bertz CT molecular complexity index is 479. The molecule has 0 fully saturated rings. The molecule has 1 rings (SSSR count). The van der Waals surface area contributed by atoms with Crippen LogP contribution in [0.4, 0.5) is 4.39 Å². The van der Waals surface area contributed by atoms with Gasteiger partial charge in [0.15, 0.2) is 15.7 Å². The zero-order valence-corrected chi connectivity index (χ0v) is 9.05. The molecule has 0 amide bonds. The van der Waals surface area contributed by atoms with Gasteiger partial charge in [0, 0.05) is 11.8 Å². The van der Waals surface area contributed by atoms with Gasteiger partial charge in [0.25, 0.3) is 0 Å². The third kappa shape index (κ3) is 2.27. The van der Waals surface area contributed by atoms with Gasteiger partial charge in [-0.05, 0) is 19.1 Å². The lowest BCUT2D eigenvalue weighted by Gasteiger charge is -2.10. The fraction of sp³-hybridized carbons (Fsp3) is 0.333. The van der Waals surface area contributed by atoms with Gasteiger partial charge >= 0.3 is 0 Å². The van der Waals surface area contributed by atoms with Gasteiger partial charge in [0.2, 0.25) is 0 Å². The SMILES string of the molecule is CC(O)c1ccc(O)c(S(C)(=O)=O)c1F. The standard InChI is InChI=1S/C9H11FO4S/c1-5(11)6-3-4-7(12)9(8(6)10)15(2,13)14/h3-5,11-12H,1-2H3. The van der Waals surface area contributed by atoms with Gasteiger partial charge in [-0.15, -0.1) is 0 Å². The molecule has 0 radical (unpaired) electrons. The average Bonchev–Trinajstić information content (AvgIpc) is 2.00. The van der Waals surface area contributed by atoms with Crippen molar-refractivity contribution in [2.45, 2.75) is 17.9 Å². The Hall–Kier alpha value is -1.14. The van der Waals surface area contributed by atoms with Gasteiger partial charge in [-0.3, -0.25) is 0 Å². The predicted octanol–water partition coefficient (Wildman–Crippen LogP) is 0.988. The first-order chi connectivity index (χ1) is 6.75. The van der Waals surface area contributed by atoms with Crippen LogP contribution < -0.4 is 0 Å². The van der Waals surface area contributed by atoms with Crippen molar-refractivity contribution in [3.05, 3.63) is 23.5 Å². The van der Waals surface area contributed by atoms with Crippen LogP contribution in [-0.2, 0) is 9.84 Å². The Morgan fingerprint density at radius 3 is 2.33 bits per heavy atom. The maximum absolute atomic E-state index is 13.6. The largest absolute Gasteiger partial charge is 0.506 e. The Kier molecular flexibility index (Phi) is 3.01. The molecule has 1 atom stereocenters. The third-order valence-electron chi connectivity index (χ3n) is 1.93. The highest BCUT2D eigenvalue weighted by atomic mass is 32.2. The molecule has 0 saturated heterocycles. The second-order valence-electron chi connectivity index (χ2n) is 3.27. The molecule has 1 unspecified atom stereocenters. The van der Waals surface area contributed by atoms with E-state index in [4.69, 9.17) is 5.11 Å². The van der Waals surface area contributed by atoms with Crippen molar-refractivity contribution in [1.82, 2.24) is 0 Å². The van der Waals surface area contributed by atoms with Gasteiger partial charge in [-0.1, -0.05) is 0 Å². The summed E-state index contributed by atoms with van der Waals surface area (Å²) in [5.41, 5.74) is -0.159. The topological polar surface area (TPSA) is 74.6 Å². The quantitative estimate of drug-likeness (QED) is 0.800. The van der Waals surface area contributed by atoms with E-state index in [-0.39, 0.29) is 5.56 Å². The summed E-state index contributed by atoms with van der Waals surface area (Å²) >= 11 is 0. The molecule has 0 heterocycles. The molecule has 0 aliphatic carbocycles. The van der Waals surface area contributed by atoms with E-state index in [2.05, 4.69) is 0 Å². The number of halogens is 1. The van der Waals surface area contributed by atoms with Gasteiger partial charge in [-0.2, -0.15) is 0 Å². The number of hydrogen-bond acceptors (Lipinski definition) is 4. The van der Waals surface area contributed by atoms with E-state index in [0.29, 0.717) is 0 Å². The highest BCUT2D eigenvalue weighted by Gasteiger charge is 2.23. The molecule has 0 aromatic heterocycles. The van der Waals surface area contributed by atoms with E-state index in [1.807, 2.05) is 0 Å². The summed E-state index contributed by atoms with van der Waals surface area (Å²) in [7, 11) is -3.86. The summed E-state index contributed by atoms with van der Waals surface area (Å²) in [5.74, 6) is -1.76. The maximum Gasteiger partial charge on any atom is 0.182 e. The lowest BCUT2D eigenvalue weighted by atomic mass is 10.1. The van der Waals surface area contributed by atoms with Crippen LogP contribution in [-0.4, -0.2) is 24.9 Å². The van der Waals surface area contributed by atoms with Gasteiger partial charge < -0.3 is 10.2 Å². The van der Waals surface area contributed by atoms with Crippen molar-refractivity contribution < 1.29 is 23.0 Å². The number of aliphatic hydroxyl groups is 1. The predicted molar refractivity (Wildman–Crippen MR) is 51.8 cm³/mol. The monoisotopic (exact) mass is 234 g/mol. The van der Waals surface area contributed by atoms with Gasteiger partial charge in [0.1, 0.15) is 10.6 Å². The molecule has 4 nitrogen and oxygen atoms in total. The summed E-state index contributed by atoms with van der Waals surface area (Å²) in [6.07, 6.45) is -0.345. The molecule has 0 aliphatic heterocycles. The minimum atomic E-state index is -3.86. The number of phenolic OH excluding ortho intramolecular Hbond substituents is 1. The van der Waals surface area contributed by atoms with Crippen molar-refractivity contribution in [2.24, 2.45) is 0 Å². The number of rotatable bonds is 2. The third-order valence-corrected chi connectivity index (χ3v) is 3.06. The van der Waals surface area contributed by atoms with Crippen LogP contribution >= 0.6 is 0 Å². The lowest BCUT2D eigenvalue weighted by Crippen LogP contribution is -2.06. The number of aliphatic hydroxyl groups excluding tert-OH is 1. The zero-order valence-electron chi connectivity index (χ0n) is 8.23. The minimum Gasteiger partial charge on any atom is -0.506 e. The first-order valence-corrected chi connectivity index (χ1v) is 6.03. The molecule has 1 aromatic carbocycles. The van der Waals surface area contributed by atoms with Crippen molar-refractivity contribution in [2.75, 3.05) is 6.26 Å². The average molecular weight is 234 g/mol. The Morgan fingerprint density at radius 2 is 1.93 bits per heavy atom. The Balaban J connectivity index is 3.59. The second-order valence-corrected chi connectivity index (χ2v) is 5.22. The van der Waals surface area contributed by atoms with Crippen molar-refractivity contribution in [1.29, 1.82) is 0 Å². The first kappa shape index (κ1) is 11.9. The van der Waals surface area contributed by atoms with Crippen molar-refractivity contribution in [3.8, 4) is 5.75 Å². The molecular weight excluding hydrogens is 223 g/mol. The molecular formula is C9H11FO4S. The number of benzene rings is 1. The smallest absolute Gasteiger partial charge is 0.182 e. The van der Waals surface area contributed by atoms with Crippen LogP contribution in [0.25, 0.3) is 0 Å². The fourth-order valence-electron chi connectivity index (χ4n) is 1.24. The first-order valence-electron chi connectivity index (χ1n) is 4.14. The highest BCUT2D eigenvalue weighted by molar-refractivity contribution is 7.90. The Labute approximate surface area is 86.9 Å². The number of sulfone groups is 1. The fourth-order valence-corrected chi connectivity index (χ4v) is 2.13. The van der Waals surface area contributed by atoms with Gasteiger partial charge in [0.05, 0.1) is 6.10 Å². The highest BCUT2D eigenvalue weighted by Crippen LogP contribution is 2.30. The normalized spacial score (nSPS) is 13.9. The summed E-state index contributed by atoms with van der Waals surface area (Å²) in [6, 6.07) is 2.19. The van der Waals surface area contributed by atoms with E-state index in [1.54, 1.807) is 0 Å². The summed E-state index contributed by atoms with van der Waals surface area (Å²) in [5, 5.41) is 18.4. The Morgan fingerprint density at radius 1 is 1.40 bits per heavy atom. The van der Waals surface area contributed by atoms with E-state index in [9.17, 15) is 17.9 Å². The number of phenols is 1. The van der Waals surface area contributed by atoms with E-state index in [0.717, 1.165) is 18.4 Å². The minimum absolute atomic E-state index is 0.159. The summed E-state index contributed by atoms with van der Waals surface area (Å²) in [6.45, 7) is 1.31. The van der Waals surface area contributed by atoms with Crippen LogP contribution in [0, 0.1) is 5.82 Å². The molecule has 84 valence electrons. The van der Waals surface area contributed by atoms with E-state index >= 15 is 0 Å². The van der Waals surface area contributed by atoms with E-state index in [1.165, 1.54) is 6.92 Å². The number of hydrogen-bond donors (Lipinski definition) is 2. The molecule has 0 saturated carbocycles. The lowest BCUT2D eigenvalue weighted by molar-refractivity contribution is 0.193. The maximum atomic E-state index is 13.6. The molecule has 1 aromatic rings. The van der Waals surface area contributed by atoms with Crippen LogP contribution in [0.15, 0.2) is 17.0 Å². The molecule has 0 aliphatic rings. The molecule has 15 heavy (non-hydrogen) atoms. The van der Waals surface area contributed by atoms with E-state index < -0.39 is 32.4 Å². The molecule has 6 heteroatoms. The number of aromatic hydroxyl groups is 1. The van der Waals surface area contributed by atoms with Crippen LogP contribution in [0.1, 0.15) is 18.6 Å². The zero-order chi connectivity index (χ0) is 11.8. The van der Waals surface area contributed by atoms with Crippen LogP contribution in [0.5, 0.6) is 5.75 Å².